The van der Waals surface area contributed by atoms with Crippen LogP contribution in [0.5, 0.6) is 0 Å². The van der Waals surface area contributed by atoms with Gasteiger partial charge < -0.3 is 10.3 Å². The lowest BCUT2D eigenvalue weighted by Gasteiger charge is -2.16. The number of imidazole rings is 1. The molecule has 0 radical (unpaired) electrons. The van der Waals surface area contributed by atoms with E-state index in [-0.39, 0.29) is 0 Å². The molecule has 1 aromatic rings. The van der Waals surface area contributed by atoms with Gasteiger partial charge in [-0.3, -0.25) is 0 Å². The molecular weight excluding hydrogens is 150 g/mol. The largest absolute Gasteiger partial charge is 0.331 e. The van der Waals surface area contributed by atoms with E-state index in [2.05, 4.69) is 23.4 Å². The number of hydrogen-bond donors (Lipinski definition) is 1. The molecule has 3 heteroatoms. The van der Waals surface area contributed by atoms with Crippen molar-refractivity contribution in [1.29, 1.82) is 0 Å². The molecule has 1 aromatic heterocycles. The third kappa shape index (κ3) is 1.67. The Labute approximate surface area is 73.6 Å². The molecule has 0 aliphatic rings. The second kappa shape index (κ2) is 4.26. The van der Waals surface area contributed by atoms with Gasteiger partial charge in [-0.05, 0) is 12.8 Å². The van der Waals surface area contributed by atoms with E-state index >= 15 is 0 Å². The average molecular weight is 167 g/mol. The average Bonchev–Trinajstić information content (AvgIpc) is 2.55. The third-order valence-corrected chi connectivity index (χ3v) is 2.27. The molecular formula is C9H17N3. The molecule has 0 aromatic carbocycles. The molecule has 0 atom stereocenters. The van der Waals surface area contributed by atoms with Gasteiger partial charge >= 0.3 is 0 Å². The van der Waals surface area contributed by atoms with Gasteiger partial charge in [0.25, 0.3) is 0 Å². The van der Waals surface area contributed by atoms with E-state index in [9.17, 15) is 0 Å². The number of aromatic nitrogens is 2. The summed E-state index contributed by atoms with van der Waals surface area (Å²) in [4.78, 5) is 4.19. The monoisotopic (exact) mass is 167 g/mol. The Morgan fingerprint density at radius 2 is 2.17 bits per heavy atom. The summed E-state index contributed by atoms with van der Waals surface area (Å²) in [6, 6.07) is 0.561. The molecule has 0 fully saturated rings. The maximum absolute atomic E-state index is 5.56. The Hall–Kier alpha value is -0.830. The Kier molecular flexibility index (Phi) is 3.29. The zero-order valence-corrected chi connectivity index (χ0v) is 7.83. The lowest BCUT2D eigenvalue weighted by molar-refractivity contribution is 0.455. The first kappa shape index (κ1) is 9.26. The number of hydrogen-bond acceptors (Lipinski definition) is 2. The number of nitrogens with two attached hydrogens (primary N) is 1. The summed E-state index contributed by atoms with van der Waals surface area (Å²) in [6.45, 7) is 4.91. The quantitative estimate of drug-likeness (QED) is 0.741. The van der Waals surface area contributed by atoms with E-state index in [1.807, 2.05) is 12.4 Å². The van der Waals surface area contributed by atoms with Crippen molar-refractivity contribution in [1.82, 2.24) is 9.55 Å². The Bertz CT molecular complexity index is 225. The highest BCUT2D eigenvalue weighted by Crippen LogP contribution is 2.16. The highest BCUT2D eigenvalue weighted by Gasteiger charge is 2.08. The van der Waals surface area contributed by atoms with Gasteiger partial charge in [-0.15, -0.1) is 0 Å². The van der Waals surface area contributed by atoms with Gasteiger partial charge in [0.15, 0.2) is 0 Å². The third-order valence-electron chi connectivity index (χ3n) is 2.27. The molecule has 0 bridgehead atoms. The molecule has 68 valence electrons. The smallest absolute Gasteiger partial charge is 0.122 e. The predicted octanol–water partition coefficient (Wildman–Crippen LogP) is 1.70. The van der Waals surface area contributed by atoms with Crippen LogP contribution in [0.1, 0.15) is 38.6 Å². The first-order valence-corrected chi connectivity index (χ1v) is 4.55. The molecule has 1 rings (SSSR count). The van der Waals surface area contributed by atoms with Crippen LogP contribution in [0.2, 0.25) is 0 Å². The van der Waals surface area contributed by atoms with Crippen molar-refractivity contribution >= 4 is 0 Å². The van der Waals surface area contributed by atoms with Crippen LogP contribution >= 0.6 is 0 Å². The van der Waals surface area contributed by atoms with Crippen LogP contribution in [0.15, 0.2) is 12.4 Å². The topological polar surface area (TPSA) is 43.8 Å². The maximum Gasteiger partial charge on any atom is 0.122 e. The summed E-state index contributed by atoms with van der Waals surface area (Å²) in [5.74, 6) is 0.990. The molecule has 0 saturated carbocycles. The highest BCUT2D eigenvalue weighted by atomic mass is 15.1. The zero-order chi connectivity index (χ0) is 8.97. The van der Waals surface area contributed by atoms with Crippen LogP contribution in [0, 0.1) is 0 Å². The van der Waals surface area contributed by atoms with Crippen LogP contribution in [-0.2, 0) is 6.54 Å². The van der Waals surface area contributed by atoms with E-state index in [0.29, 0.717) is 12.6 Å². The molecule has 0 aliphatic heterocycles. The maximum atomic E-state index is 5.56. The second-order valence-corrected chi connectivity index (χ2v) is 2.93. The minimum absolute atomic E-state index is 0.531. The molecule has 0 amide bonds. The van der Waals surface area contributed by atoms with Crippen LogP contribution in [0.4, 0.5) is 0 Å². The fraction of sp³-hybridized carbons (Fsp3) is 0.667. The van der Waals surface area contributed by atoms with Crippen LogP contribution in [-0.4, -0.2) is 9.55 Å². The van der Waals surface area contributed by atoms with Crippen molar-refractivity contribution < 1.29 is 0 Å². The standard InChI is InChI=1S/C9H17N3/c1-3-8(4-2)12-6-5-11-9(12)7-10/h5-6,8H,3-4,7,10H2,1-2H3. The van der Waals surface area contributed by atoms with E-state index in [0.717, 1.165) is 18.7 Å². The molecule has 3 nitrogen and oxygen atoms in total. The van der Waals surface area contributed by atoms with Gasteiger partial charge in [-0.1, -0.05) is 13.8 Å². The van der Waals surface area contributed by atoms with Crippen LogP contribution in [0.25, 0.3) is 0 Å². The summed E-state index contributed by atoms with van der Waals surface area (Å²) in [5.41, 5.74) is 5.56. The predicted molar refractivity (Wildman–Crippen MR) is 49.7 cm³/mol. The molecule has 12 heavy (non-hydrogen) atoms. The fourth-order valence-electron chi connectivity index (χ4n) is 1.52. The van der Waals surface area contributed by atoms with E-state index in [1.165, 1.54) is 0 Å². The summed E-state index contributed by atoms with van der Waals surface area (Å²) in [7, 11) is 0. The minimum atomic E-state index is 0.531. The minimum Gasteiger partial charge on any atom is -0.331 e. The Balaban J connectivity index is 2.83. The fourth-order valence-corrected chi connectivity index (χ4v) is 1.52. The molecule has 0 aliphatic carbocycles. The van der Waals surface area contributed by atoms with Crippen molar-refractivity contribution in [3.63, 3.8) is 0 Å². The molecule has 0 spiro atoms. The van der Waals surface area contributed by atoms with Crippen LogP contribution < -0.4 is 5.73 Å². The summed E-state index contributed by atoms with van der Waals surface area (Å²) >= 11 is 0. The first-order valence-electron chi connectivity index (χ1n) is 4.55. The van der Waals surface area contributed by atoms with E-state index in [4.69, 9.17) is 5.73 Å². The Morgan fingerprint density at radius 3 is 2.67 bits per heavy atom. The van der Waals surface area contributed by atoms with E-state index < -0.39 is 0 Å². The second-order valence-electron chi connectivity index (χ2n) is 2.93. The van der Waals surface area contributed by atoms with Crippen molar-refractivity contribution in [3.8, 4) is 0 Å². The van der Waals surface area contributed by atoms with Crippen molar-refractivity contribution in [2.45, 2.75) is 39.3 Å². The van der Waals surface area contributed by atoms with Crippen molar-refractivity contribution in [2.75, 3.05) is 0 Å². The van der Waals surface area contributed by atoms with Gasteiger partial charge in [0.2, 0.25) is 0 Å². The first-order chi connectivity index (χ1) is 5.83. The van der Waals surface area contributed by atoms with Gasteiger partial charge in [-0.2, -0.15) is 0 Å². The normalized spacial score (nSPS) is 11.0. The van der Waals surface area contributed by atoms with Gasteiger partial charge in [-0.25, -0.2) is 4.98 Å². The SMILES string of the molecule is CCC(CC)n1ccnc1CN. The molecule has 0 saturated heterocycles. The lowest BCUT2D eigenvalue weighted by Crippen LogP contribution is -2.12. The summed E-state index contributed by atoms with van der Waals surface area (Å²) in [5, 5.41) is 0. The van der Waals surface area contributed by atoms with Crippen LogP contribution in [0.3, 0.4) is 0 Å². The number of nitrogens with zero attached hydrogens (tertiary/aromatic N) is 2. The summed E-state index contributed by atoms with van der Waals surface area (Å²) in [6.07, 6.45) is 6.11. The van der Waals surface area contributed by atoms with Gasteiger partial charge in [0.1, 0.15) is 5.82 Å². The number of rotatable bonds is 4. The Morgan fingerprint density at radius 1 is 1.50 bits per heavy atom. The van der Waals surface area contributed by atoms with Gasteiger partial charge in [0, 0.05) is 18.4 Å². The molecule has 2 N–H and O–H groups in total. The van der Waals surface area contributed by atoms with Crippen molar-refractivity contribution in [2.24, 2.45) is 5.73 Å². The molecule has 0 unspecified atom stereocenters. The van der Waals surface area contributed by atoms with Gasteiger partial charge in [0.05, 0.1) is 6.54 Å². The summed E-state index contributed by atoms with van der Waals surface area (Å²) < 4.78 is 2.18. The lowest BCUT2D eigenvalue weighted by atomic mass is 10.1. The molecule has 1 heterocycles. The highest BCUT2D eigenvalue weighted by molar-refractivity contribution is 4.94. The zero-order valence-electron chi connectivity index (χ0n) is 7.83. The van der Waals surface area contributed by atoms with E-state index in [1.54, 1.807) is 0 Å². The van der Waals surface area contributed by atoms with Crippen molar-refractivity contribution in [3.05, 3.63) is 18.2 Å².